The highest BCUT2D eigenvalue weighted by Gasteiger charge is 2.31. The molecule has 0 bridgehead atoms. The van der Waals surface area contributed by atoms with Crippen LogP contribution in [0.15, 0.2) is 77.7 Å². The molecule has 1 aliphatic heterocycles. The van der Waals surface area contributed by atoms with Crippen LogP contribution in [0.1, 0.15) is 28.8 Å². The molecule has 1 atom stereocenters. The minimum absolute atomic E-state index is 0.0434. The second-order valence-corrected chi connectivity index (χ2v) is 7.76. The van der Waals surface area contributed by atoms with Crippen LogP contribution in [0, 0.1) is 0 Å². The molecule has 1 saturated heterocycles. The van der Waals surface area contributed by atoms with E-state index in [2.05, 4.69) is 48.5 Å². The molecule has 1 aromatic carbocycles. The second kappa shape index (κ2) is 9.20. The summed E-state index contributed by atoms with van der Waals surface area (Å²) in [5.41, 5.74) is 2.27. The quantitative estimate of drug-likeness (QED) is 0.459. The second-order valence-electron chi connectivity index (χ2n) is 7.76. The fourth-order valence-corrected chi connectivity index (χ4v) is 4.14. The van der Waals surface area contributed by atoms with Crippen molar-refractivity contribution in [1.82, 2.24) is 35.0 Å². The van der Waals surface area contributed by atoms with Gasteiger partial charge >= 0.3 is 0 Å². The van der Waals surface area contributed by atoms with Gasteiger partial charge in [0.05, 0.1) is 25.4 Å². The van der Waals surface area contributed by atoms with Crippen LogP contribution in [0.4, 0.5) is 0 Å². The highest BCUT2D eigenvalue weighted by atomic mass is 16.3. The Balaban J connectivity index is 1.37. The van der Waals surface area contributed by atoms with E-state index in [9.17, 15) is 0 Å². The summed E-state index contributed by atoms with van der Waals surface area (Å²) in [4.78, 5) is 9.23. The van der Waals surface area contributed by atoms with Gasteiger partial charge in [-0.25, -0.2) is 4.68 Å². The van der Waals surface area contributed by atoms with Crippen LogP contribution in [0.3, 0.4) is 0 Å². The van der Waals surface area contributed by atoms with E-state index >= 15 is 0 Å². The van der Waals surface area contributed by atoms with Crippen LogP contribution >= 0.6 is 0 Å². The SMILES string of the molecule is c1ccc(Cn2nnnc2C(c2cccnc2)N2CCN(Cc3ccco3)CC2)cc1. The first-order valence-electron chi connectivity index (χ1n) is 10.6. The lowest BCUT2D eigenvalue weighted by molar-refractivity contribution is 0.0955. The first-order chi connectivity index (χ1) is 15.4. The Bertz CT molecular complexity index is 1060. The first-order valence-corrected chi connectivity index (χ1v) is 10.6. The normalized spacial score (nSPS) is 16.4. The third kappa shape index (κ3) is 4.55. The summed E-state index contributed by atoms with van der Waals surface area (Å²) in [6.45, 7) is 5.22. The minimum Gasteiger partial charge on any atom is -0.468 e. The molecule has 0 aliphatic carbocycles. The maximum Gasteiger partial charge on any atom is 0.173 e. The van der Waals surface area contributed by atoms with Crippen LogP contribution in [0.5, 0.6) is 0 Å². The Kier molecular flexibility index (Phi) is 5.81. The van der Waals surface area contributed by atoms with Crippen molar-refractivity contribution in [2.45, 2.75) is 19.1 Å². The zero-order valence-electron chi connectivity index (χ0n) is 17.3. The average Bonchev–Trinajstić information content (AvgIpc) is 3.49. The molecule has 158 valence electrons. The number of hydrogen-bond acceptors (Lipinski definition) is 7. The molecule has 1 fully saturated rings. The van der Waals surface area contributed by atoms with Crippen molar-refractivity contribution in [3.8, 4) is 0 Å². The van der Waals surface area contributed by atoms with E-state index in [1.807, 2.05) is 47.3 Å². The smallest absolute Gasteiger partial charge is 0.173 e. The maximum absolute atomic E-state index is 5.52. The van der Waals surface area contributed by atoms with Gasteiger partial charge in [0.1, 0.15) is 5.76 Å². The van der Waals surface area contributed by atoms with Crippen molar-refractivity contribution in [1.29, 1.82) is 0 Å². The molecule has 1 aliphatic rings. The van der Waals surface area contributed by atoms with Gasteiger partial charge in [-0.15, -0.1) is 5.10 Å². The Morgan fingerprint density at radius 3 is 2.52 bits per heavy atom. The average molecular weight is 416 g/mol. The Morgan fingerprint density at radius 1 is 0.903 bits per heavy atom. The van der Waals surface area contributed by atoms with Gasteiger partial charge in [0.2, 0.25) is 0 Å². The van der Waals surface area contributed by atoms with Crippen LogP contribution in [0.25, 0.3) is 0 Å². The Hall–Kier alpha value is -3.36. The lowest BCUT2D eigenvalue weighted by Crippen LogP contribution is -2.47. The van der Waals surface area contributed by atoms with E-state index in [4.69, 9.17) is 4.42 Å². The third-order valence-electron chi connectivity index (χ3n) is 5.71. The van der Waals surface area contributed by atoms with E-state index in [1.54, 1.807) is 12.5 Å². The van der Waals surface area contributed by atoms with E-state index in [-0.39, 0.29) is 6.04 Å². The summed E-state index contributed by atoms with van der Waals surface area (Å²) in [7, 11) is 0. The largest absolute Gasteiger partial charge is 0.468 e. The van der Waals surface area contributed by atoms with Crippen molar-refractivity contribution in [3.05, 3.63) is 96.0 Å². The van der Waals surface area contributed by atoms with E-state index < -0.39 is 0 Å². The van der Waals surface area contributed by atoms with Crippen LogP contribution < -0.4 is 0 Å². The van der Waals surface area contributed by atoms with Gasteiger partial charge in [-0.3, -0.25) is 14.8 Å². The van der Waals surface area contributed by atoms with Crippen LogP contribution in [0.2, 0.25) is 0 Å². The van der Waals surface area contributed by atoms with Crippen molar-refractivity contribution in [2.75, 3.05) is 26.2 Å². The molecule has 8 heteroatoms. The Morgan fingerprint density at radius 2 is 1.77 bits per heavy atom. The van der Waals surface area contributed by atoms with Gasteiger partial charge in [-0.1, -0.05) is 36.4 Å². The maximum atomic E-state index is 5.52. The highest BCUT2D eigenvalue weighted by molar-refractivity contribution is 5.23. The lowest BCUT2D eigenvalue weighted by atomic mass is 10.1. The molecule has 1 unspecified atom stereocenters. The summed E-state index contributed by atoms with van der Waals surface area (Å²) in [6.07, 6.45) is 5.45. The number of rotatable bonds is 7. The number of nitrogens with zero attached hydrogens (tertiary/aromatic N) is 7. The summed E-state index contributed by atoms with van der Waals surface area (Å²) < 4.78 is 7.42. The molecule has 0 amide bonds. The molecule has 0 radical (unpaired) electrons. The molecule has 31 heavy (non-hydrogen) atoms. The molecule has 5 rings (SSSR count). The van der Waals surface area contributed by atoms with Gasteiger partial charge in [0, 0.05) is 38.6 Å². The zero-order chi connectivity index (χ0) is 20.9. The lowest BCUT2D eigenvalue weighted by Gasteiger charge is -2.38. The summed E-state index contributed by atoms with van der Waals surface area (Å²) >= 11 is 0. The molecule has 3 aromatic heterocycles. The molecule has 0 N–H and O–H groups in total. The van der Waals surface area contributed by atoms with Crippen LogP contribution in [-0.2, 0) is 13.1 Å². The molecule has 8 nitrogen and oxygen atoms in total. The molecule has 0 spiro atoms. The van der Waals surface area contributed by atoms with Crippen molar-refractivity contribution in [2.24, 2.45) is 0 Å². The molecule has 4 heterocycles. The van der Waals surface area contributed by atoms with Crippen molar-refractivity contribution >= 4 is 0 Å². The molecular weight excluding hydrogens is 390 g/mol. The standard InChI is InChI=1S/C23H25N7O/c1-2-6-19(7-3-1)17-30-23(25-26-27-30)22(20-8-4-10-24-16-20)29-13-11-28(12-14-29)18-21-9-5-15-31-21/h1-10,15-16,22H,11-14,17-18H2. The van der Waals surface area contributed by atoms with Crippen molar-refractivity contribution in [3.63, 3.8) is 0 Å². The van der Waals surface area contributed by atoms with E-state index in [1.165, 1.54) is 5.56 Å². The topological polar surface area (TPSA) is 76.1 Å². The van der Waals surface area contributed by atoms with Gasteiger partial charge in [-0.05, 0) is 39.8 Å². The number of aromatic nitrogens is 5. The summed E-state index contributed by atoms with van der Waals surface area (Å²) in [5.74, 6) is 1.85. The fraction of sp³-hybridized carbons (Fsp3) is 0.304. The monoisotopic (exact) mass is 415 g/mol. The molecule has 4 aromatic rings. The third-order valence-corrected chi connectivity index (χ3v) is 5.71. The predicted molar refractivity (Wildman–Crippen MR) is 115 cm³/mol. The predicted octanol–water partition coefficient (Wildman–Crippen LogP) is 2.62. The number of piperazine rings is 1. The van der Waals surface area contributed by atoms with Gasteiger partial charge in [0.15, 0.2) is 5.82 Å². The number of benzene rings is 1. The zero-order valence-corrected chi connectivity index (χ0v) is 17.3. The van der Waals surface area contributed by atoms with Gasteiger partial charge in [-0.2, -0.15) is 0 Å². The van der Waals surface area contributed by atoms with Gasteiger partial charge in [0.25, 0.3) is 0 Å². The number of furan rings is 1. The number of hydrogen-bond donors (Lipinski definition) is 0. The fourth-order valence-electron chi connectivity index (χ4n) is 4.14. The number of tetrazole rings is 1. The van der Waals surface area contributed by atoms with Crippen LogP contribution in [-0.4, -0.2) is 61.2 Å². The summed E-state index contributed by atoms with van der Waals surface area (Å²) in [5, 5.41) is 12.8. The minimum atomic E-state index is -0.0434. The molecule has 0 saturated carbocycles. The Labute approximate surface area is 181 Å². The summed E-state index contributed by atoms with van der Waals surface area (Å²) in [6, 6.07) is 18.3. The van der Waals surface area contributed by atoms with Gasteiger partial charge < -0.3 is 4.42 Å². The number of pyridine rings is 1. The van der Waals surface area contributed by atoms with E-state index in [0.29, 0.717) is 6.54 Å². The van der Waals surface area contributed by atoms with Crippen molar-refractivity contribution < 1.29 is 4.42 Å². The first kappa shape index (κ1) is 19.6. The highest BCUT2D eigenvalue weighted by Crippen LogP contribution is 2.28. The van der Waals surface area contributed by atoms with E-state index in [0.717, 1.165) is 49.9 Å². The molecular formula is C23H25N7O.